The van der Waals surface area contributed by atoms with Crippen LogP contribution in [0.2, 0.25) is 5.02 Å². The molecule has 1 fully saturated rings. The SMILES string of the molecule is CC1(CNC(=O)c2ccc(Cl)cc2)CCC(c2ccnc3ccc(F)cc23)CC1. The maximum absolute atomic E-state index is 13.8. The summed E-state index contributed by atoms with van der Waals surface area (Å²) in [5.74, 6) is 0.0975. The number of carbonyl (C=O) groups excluding carboxylic acids is 1. The van der Waals surface area contributed by atoms with Crippen molar-refractivity contribution in [1.82, 2.24) is 10.3 Å². The van der Waals surface area contributed by atoms with Gasteiger partial charge in [-0.25, -0.2) is 4.39 Å². The van der Waals surface area contributed by atoms with Crippen molar-refractivity contribution < 1.29 is 9.18 Å². The minimum atomic E-state index is -0.225. The molecule has 0 bridgehead atoms. The molecule has 4 rings (SSSR count). The molecule has 0 atom stereocenters. The molecule has 0 radical (unpaired) electrons. The largest absolute Gasteiger partial charge is 0.351 e. The average Bonchev–Trinajstić information content (AvgIpc) is 2.73. The van der Waals surface area contributed by atoms with Crippen molar-refractivity contribution in [2.75, 3.05) is 6.54 Å². The Labute approximate surface area is 175 Å². The molecule has 2 aromatic carbocycles. The van der Waals surface area contributed by atoms with E-state index in [2.05, 4.69) is 17.2 Å². The predicted molar refractivity (Wildman–Crippen MR) is 115 cm³/mol. The Morgan fingerprint density at radius 1 is 1.17 bits per heavy atom. The first-order valence-corrected chi connectivity index (χ1v) is 10.4. The van der Waals surface area contributed by atoms with Crippen LogP contribution in [0.4, 0.5) is 4.39 Å². The van der Waals surface area contributed by atoms with Gasteiger partial charge in [-0.1, -0.05) is 18.5 Å². The van der Waals surface area contributed by atoms with Gasteiger partial charge in [-0.2, -0.15) is 0 Å². The average molecular weight is 411 g/mol. The van der Waals surface area contributed by atoms with Crippen molar-refractivity contribution in [2.45, 2.75) is 38.5 Å². The fourth-order valence-corrected chi connectivity index (χ4v) is 4.42. The molecule has 3 nitrogen and oxygen atoms in total. The van der Waals surface area contributed by atoms with Crippen LogP contribution < -0.4 is 5.32 Å². The molecular weight excluding hydrogens is 387 g/mol. The van der Waals surface area contributed by atoms with Gasteiger partial charge in [-0.3, -0.25) is 9.78 Å². The summed E-state index contributed by atoms with van der Waals surface area (Å²) in [4.78, 5) is 16.8. The number of rotatable bonds is 4. The van der Waals surface area contributed by atoms with Gasteiger partial charge in [-0.05, 0) is 91.1 Å². The third-order valence-electron chi connectivity index (χ3n) is 6.15. The van der Waals surface area contributed by atoms with Gasteiger partial charge in [0.2, 0.25) is 0 Å². The monoisotopic (exact) mass is 410 g/mol. The maximum atomic E-state index is 13.8. The summed E-state index contributed by atoms with van der Waals surface area (Å²) in [5, 5.41) is 4.61. The van der Waals surface area contributed by atoms with Crippen LogP contribution in [0.1, 0.15) is 54.4 Å². The second-order valence-corrected chi connectivity index (χ2v) is 8.77. The van der Waals surface area contributed by atoms with Gasteiger partial charge < -0.3 is 5.32 Å². The lowest BCUT2D eigenvalue weighted by Crippen LogP contribution is -2.38. The number of aromatic nitrogens is 1. The van der Waals surface area contributed by atoms with Crippen LogP contribution in [0, 0.1) is 11.2 Å². The van der Waals surface area contributed by atoms with Crippen LogP contribution in [0.25, 0.3) is 10.9 Å². The van der Waals surface area contributed by atoms with E-state index in [0.717, 1.165) is 36.6 Å². The van der Waals surface area contributed by atoms with Crippen molar-refractivity contribution in [3.8, 4) is 0 Å². The van der Waals surface area contributed by atoms with Crippen LogP contribution in [0.15, 0.2) is 54.7 Å². The summed E-state index contributed by atoms with van der Waals surface area (Å²) in [7, 11) is 0. The van der Waals surface area contributed by atoms with Crippen LogP contribution in [0.5, 0.6) is 0 Å². The highest BCUT2D eigenvalue weighted by molar-refractivity contribution is 6.30. The Bertz CT molecular complexity index is 1030. The molecule has 0 saturated heterocycles. The van der Waals surface area contributed by atoms with E-state index in [0.29, 0.717) is 23.0 Å². The number of halogens is 2. The van der Waals surface area contributed by atoms with E-state index in [4.69, 9.17) is 11.6 Å². The normalized spacial score (nSPS) is 21.8. The molecule has 29 heavy (non-hydrogen) atoms. The summed E-state index contributed by atoms with van der Waals surface area (Å²) in [5.41, 5.74) is 2.71. The Morgan fingerprint density at radius 3 is 2.62 bits per heavy atom. The molecule has 0 spiro atoms. The quantitative estimate of drug-likeness (QED) is 0.562. The first kappa shape index (κ1) is 19.8. The summed E-state index contributed by atoms with van der Waals surface area (Å²) >= 11 is 5.89. The van der Waals surface area contributed by atoms with Crippen molar-refractivity contribution in [2.24, 2.45) is 5.41 Å². The number of benzene rings is 2. The van der Waals surface area contributed by atoms with Gasteiger partial charge in [0.05, 0.1) is 5.52 Å². The number of nitrogens with one attached hydrogen (secondary N) is 1. The fraction of sp³-hybridized carbons (Fsp3) is 0.333. The minimum absolute atomic E-state index is 0.0622. The molecule has 1 aliphatic rings. The predicted octanol–water partition coefficient (Wildman–Crippen LogP) is 6.12. The highest BCUT2D eigenvalue weighted by Gasteiger charge is 2.32. The van der Waals surface area contributed by atoms with Crippen molar-refractivity contribution in [3.63, 3.8) is 0 Å². The molecule has 1 saturated carbocycles. The molecule has 150 valence electrons. The maximum Gasteiger partial charge on any atom is 0.251 e. The summed E-state index contributed by atoms with van der Waals surface area (Å²) in [6, 6.07) is 13.8. The molecule has 1 aromatic heterocycles. The van der Waals surface area contributed by atoms with Crippen molar-refractivity contribution in [1.29, 1.82) is 0 Å². The lowest BCUT2D eigenvalue weighted by atomic mass is 9.69. The lowest BCUT2D eigenvalue weighted by molar-refractivity contribution is 0.0915. The third kappa shape index (κ3) is 4.43. The summed E-state index contributed by atoms with van der Waals surface area (Å²) in [6.45, 7) is 2.88. The number of carbonyl (C=O) groups is 1. The summed E-state index contributed by atoms with van der Waals surface area (Å²) in [6.07, 6.45) is 5.87. The third-order valence-corrected chi connectivity index (χ3v) is 6.40. The van der Waals surface area contributed by atoms with Crippen molar-refractivity contribution in [3.05, 3.63) is 76.7 Å². The van der Waals surface area contributed by atoms with Gasteiger partial charge in [0, 0.05) is 28.7 Å². The van der Waals surface area contributed by atoms with Crippen LogP contribution in [0.3, 0.4) is 0 Å². The van der Waals surface area contributed by atoms with Crippen LogP contribution in [-0.4, -0.2) is 17.4 Å². The van der Waals surface area contributed by atoms with Gasteiger partial charge in [0.25, 0.3) is 5.91 Å². The standard InChI is InChI=1S/C24H24ClFN2O/c1-24(15-28-23(29)17-2-4-18(25)5-3-17)11-8-16(9-12-24)20-10-13-27-22-7-6-19(26)14-21(20)22/h2-7,10,13-14,16H,8-9,11-12,15H2,1H3,(H,28,29). The molecule has 1 amide bonds. The Kier molecular flexibility index (Phi) is 5.55. The molecule has 0 unspecified atom stereocenters. The Morgan fingerprint density at radius 2 is 1.90 bits per heavy atom. The molecule has 0 aliphatic heterocycles. The highest BCUT2D eigenvalue weighted by atomic mass is 35.5. The number of nitrogens with zero attached hydrogens (tertiary/aromatic N) is 1. The van der Waals surface area contributed by atoms with E-state index >= 15 is 0 Å². The summed E-state index contributed by atoms with van der Waals surface area (Å²) < 4.78 is 13.8. The molecular formula is C24H24ClFN2O. The molecule has 1 heterocycles. The van der Waals surface area contributed by atoms with E-state index in [1.54, 1.807) is 36.4 Å². The lowest BCUT2D eigenvalue weighted by Gasteiger charge is -2.38. The second kappa shape index (κ2) is 8.11. The smallest absolute Gasteiger partial charge is 0.251 e. The van der Waals surface area contributed by atoms with E-state index < -0.39 is 0 Å². The second-order valence-electron chi connectivity index (χ2n) is 8.34. The Hall–Kier alpha value is -2.46. The number of hydrogen-bond acceptors (Lipinski definition) is 2. The molecule has 5 heteroatoms. The number of fused-ring (bicyclic) bond motifs is 1. The molecule has 3 aromatic rings. The van der Waals surface area contributed by atoms with Gasteiger partial charge in [-0.15, -0.1) is 0 Å². The minimum Gasteiger partial charge on any atom is -0.351 e. The zero-order valence-corrected chi connectivity index (χ0v) is 17.2. The van der Waals surface area contributed by atoms with Gasteiger partial charge in [0.15, 0.2) is 0 Å². The molecule has 1 aliphatic carbocycles. The first-order chi connectivity index (χ1) is 13.9. The van der Waals surface area contributed by atoms with Crippen molar-refractivity contribution >= 4 is 28.4 Å². The van der Waals surface area contributed by atoms with E-state index in [1.165, 1.54) is 11.6 Å². The van der Waals surface area contributed by atoms with Crippen LogP contribution >= 0.6 is 11.6 Å². The van der Waals surface area contributed by atoms with E-state index in [-0.39, 0.29) is 17.1 Å². The topological polar surface area (TPSA) is 42.0 Å². The molecule has 1 N–H and O–H groups in total. The number of pyridine rings is 1. The van der Waals surface area contributed by atoms with E-state index in [1.807, 2.05) is 12.3 Å². The van der Waals surface area contributed by atoms with E-state index in [9.17, 15) is 9.18 Å². The zero-order chi connectivity index (χ0) is 20.4. The Balaban J connectivity index is 1.40. The number of amides is 1. The zero-order valence-electron chi connectivity index (χ0n) is 16.4. The van der Waals surface area contributed by atoms with Gasteiger partial charge in [0.1, 0.15) is 5.82 Å². The van der Waals surface area contributed by atoms with Crippen LogP contribution in [-0.2, 0) is 0 Å². The van der Waals surface area contributed by atoms with Gasteiger partial charge >= 0.3 is 0 Å². The highest BCUT2D eigenvalue weighted by Crippen LogP contribution is 2.44. The number of hydrogen-bond donors (Lipinski definition) is 1. The fourth-order valence-electron chi connectivity index (χ4n) is 4.30. The first-order valence-electron chi connectivity index (χ1n) is 10.0.